The van der Waals surface area contributed by atoms with Crippen molar-refractivity contribution in [1.29, 1.82) is 0 Å². The third kappa shape index (κ3) is 3.49. The van der Waals surface area contributed by atoms with Crippen molar-refractivity contribution in [2.24, 2.45) is 0 Å². The first-order valence-electron chi connectivity index (χ1n) is 8.70. The van der Waals surface area contributed by atoms with E-state index in [1.807, 2.05) is 29.1 Å². The fourth-order valence-corrected chi connectivity index (χ4v) is 3.32. The summed E-state index contributed by atoms with van der Waals surface area (Å²) in [7, 11) is 0. The van der Waals surface area contributed by atoms with Crippen molar-refractivity contribution in [3.05, 3.63) is 53.9 Å². The van der Waals surface area contributed by atoms with E-state index in [2.05, 4.69) is 22.5 Å². The molecule has 0 bridgehead atoms. The molecule has 0 radical (unpaired) electrons. The van der Waals surface area contributed by atoms with Crippen LogP contribution in [0.5, 0.6) is 0 Å². The number of cyclic esters (lactones) is 1. The van der Waals surface area contributed by atoms with Crippen molar-refractivity contribution < 1.29 is 14.3 Å². The monoisotopic (exact) mass is 355 g/mol. The molecule has 26 heavy (non-hydrogen) atoms. The minimum atomic E-state index is -0.277. The van der Waals surface area contributed by atoms with Crippen molar-refractivity contribution in [2.75, 3.05) is 26.2 Å². The van der Waals surface area contributed by atoms with E-state index < -0.39 is 0 Å². The molecule has 2 aliphatic heterocycles. The highest BCUT2D eigenvalue weighted by Gasteiger charge is 2.38. The van der Waals surface area contributed by atoms with Crippen LogP contribution in [0.25, 0.3) is 0 Å². The molecule has 8 heteroatoms. The summed E-state index contributed by atoms with van der Waals surface area (Å²) >= 11 is 0. The van der Waals surface area contributed by atoms with Gasteiger partial charge in [-0.2, -0.15) is 5.10 Å². The zero-order valence-electron chi connectivity index (χ0n) is 14.4. The Labute approximate surface area is 151 Å². The summed E-state index contributed by atoms with van der Waals surface area (Å²) < 4.78 is 6.88. The molecule has 0 unspecified atom stereocenters. The van der Waals surface area contributed by atoms with E-state index in [1.165, 1.54) is 5.56 Å². The van der Waals surface area contributed by atoms with E-state index in [0.717, 1.165) is 5.56 Å². The maximum absolute atomic E-state index is 12.4. The SMILES string of the molecule is O=C(NCc1cnn(Cc2ccccc2)c1)N1CCN2C(=O)OC[C@H]2C1. The number of urea groups is 1. The van der Waals surface area contributed by atoms with Crippen LogP contribution in [0.15, 0.2) is 42.7 Å². The lowest BCUT2D eigenvalue weighted by Crippen LogP contribution is -2.55. The van der Waals surface area contributed by atoms with Gasteiger partial charge >= 0.3 is 12.1 Å². The Morgan fingerprint density at radius 2 is 2.08 bits per heavy atom. The van der Waals surface area contributed by atoms with Crippen LogP contribution in [-0.2, 0) is 17.8 Å². The smallest absolute Gasteiger partial charge is 0.410 e. The van der Waals surface area contributed by atoms with Gasteiger partial charge in [0.05, 0.1) is 18.8 Å². The Morgan fingerprint density at radius 1 is 1.23 bits per heavy atom. The van der Waals surface area contributed by atoms with E-state index in [9.17, 15) is 9.59 Å². The summed E-state index contributed by atoms with van der Waals surface area (Å²) in [5.74, 6) is 0. The van der Waals surface area contributed by atoms with Gasteiger partial charge in [0.1, 0.15) is 6.61 Å². The van der Waals surface area contributed by atoms with Crippen molar-refractivity contribution >= 4 is 12.1 Å². The zero-order chi connectivity index (χ0) is 17.9. The Morgan fingerprint density at radius 3 is 2.92 bits per heavy atom. The Bertz CT molecular complexity index is 791. The number of carbonyl (C=O) groups is 2. The molecule has 2 saturated heterocycles. The van der Waals surface area contributed by atoms with Crippen LogP contribution in [0, 0.1) is 0 Å². The van der Waals surface area contributed by atoms with Gasteiger partial charge in [-0.15, -0.1) is 0 Å². The second-order valence-corrected chi connectivity index (χ2v) is 6.56. The summed E-state index contributed by atoms with van der Waals surface area (Å²) in [5, 5.41) is 7.27. The van der Waals surface area contributed by atoms with Gasteiger partial charge in [0.25, 0.3) is 0 Å². The standard InChI is InChI=1S/C18H21N5O3/c24-17(21-6-7-23-16(12-21)13-26-18(23)25)19-8-15-9-20-22(11-15)10-14-4-2-1-3-5-14/h1-5,9,11,16H,6-8,10,12-13H2,(H,19,24)/t16-/m1/s1. The average molecular weight is 355 g/mol. The van der Waals surface area contributed by atoms with E-state index in [1.54, 1.807) is 16.0 Å². The quantitative estimate of drug-likeness (QED) is 0.896. The first kappa shape index (κ1) is 16.4. The number of hydrogen-bond donors (Lipinski definition) is 1. The number of fused-ring (bicyclic) bond motifs is 1. The van der Waals surface area contributed by atoms with Gasteiger partial charge in [-0.25, -0.2) is 9.59 Å². The summed E-state index contributed by atoms with van der Waals surface area (Å²) in [4.78, 5) is 27.3. The molecular formula is C18H21N5O3. The zero-order valence-corrected chi connectivity index (χ0v) is 14.4. The summed E-state index contributed by atoms with van der Waals surface area (Å²) in [5.41, 5.74) is 2.13. The number of piperazine rings is 1. The molecule has 1 aromatic heterocycles. The van der Waals surface area contributed by atoms with Gasteiger partial charge in [-0.1, -0.05) is 30.3 Å². The van der Waals surface area contributed by atoms with Gasteiger partial charge in [-0.3, -0.25) is 9.58 Å². The second-order valence-electron chi connectivity index (χ2n) is 6.56. The van der Waals surface area contributed by atoms with Gasteiger partial charge in [0.15, 0.2) is 0 Å². The molecule has 1 atom stereocenters. The predicted molar refractivity (Wildman–Crippen MR) is 93.4 cm³/mol. The lowest BCUT2D eigenvalue weighted by molar-refractivity contribution is 0.127. The van der Waals surface area contributed by atoms with E-state index in [0.29, 0.717) is 39.3 Å². The molecule has 3 heterocycles. The number of rotatable bonds is 4. The highest BCUT2D eigenvalue weighted by molar-refractivity contribution is 5.75. The van der Waals surface area contributed by atoms with Crippen LogP contribution < -0.4 is 5.32 Å². The number of aromatic nitrogens is 2. The molecule has 136 valence electrons. The first-order valence-corrected chi connectivity index (χ1v) is 8.70. The fraction of sp³-hybridized carbons (Fsp3) is 0.389. The normalized spacial score (nSPS) is 19.2. The third-order valence-corrected chi connectivity index (χ3v) is 4.72. The lowest BCUT2D eigenvalue weighted by Gasteiger charge is -2.35. The molecule has 3 amide bonds. The van der Waals surface area contributed by atoms with Crippen molar-refractivity contribution in [1.82, 2.24) is 24.9 Å². The second kappa shape index (κ2) is 7.07. The average Bonchev–Trinajstić information content (AvgIpc) is 3.27. The maximum Gasteiger partial charge on any atom is 0.410 e. The molecular weight excluding hydrogens is 334 g/mol. The fourth-order valence-electron chi connectivity index (χ4n) is 3.32. The molecule has 2 fully saturated rings. The predicted octanol–water partition coefficient (Wildman–Crippen LogP) is 1.28. The van der Waals surface area contributed by atoms with Gasteiger partial charge in [0.2, 0.25) is 0 Å². The number of ether oxygens (including phenoxy) is 1. The molecule has 2 aromatic rings. The topological polar surface area (TPSA) is 79.7 Å². The van der Waals surface area contributed by atoms with E-state index in [4.69, 9.17) is 4.74 Å². The number of benzene rings is 1. The maximum atomic E-state index is 12.4. The first-order chi connectivity index (χ1) is 12.7. The van der Waals surface area contributed by atoms with E-state index in [-0.39, 0.29) is 18.2 Å². The van der Waals surface area contributed by atoms with Crippen LogP contribution in [-0.4, -0.2) is 64.0 Å². The molecule has 4 rings (SSSR count). The molecule has 0 saturated carbocycles. The van der Waals surface area contributed by atoms with Crippen LogP contribution >= 0.6 is 0 Å². The summed E-state index contributed by atoms with van der Waals surface area (Å²) in [6.07, 6.45) is 3.43. The van der Waals surface area contributed by atoms with Crippen LogP contribution in [0.3, 0.4) is 0 Å². The highest BCUT2D eigenvalue weighted by atomic mass is 16.6. The van der Waals surface area contributed by atoms with Crippen molar-refractivity contribution in [3.63, 3.8) is 0 Å². The molecule has 8 nitrogen and oxygen atoms in total. The number of carbonyl (C=O) groups excluding carboxylic acids is 2. The Hall–Kier alpha value is -3.03. The van der Waals surface area contributed by atoms with Crippen LogP contribution in [0.4, 0.5) is 9.59 Å². The highest BCUT2D eigenvalue weighted by Crippen LogP contribution is 2.17. The Balaban J connectivity index is 1.28. The van der Waals surface area contributed by atoms with Gasteiger partial charge in [0, 0.05) is 37.9 Å². The molecule has 1 N–H and O–H groups in total. The minimum absolute atomic E-state index is 0.0318. The molecule has 0 spiro atoms. The van der Waals surface area contributed by atoms with E-state index >= 15 is 0 Å². The Kier molecular flexibility index (Phi) is 4.47. The lowest BCUT2D eigenvalue weighted by atomic mass is 10.2. The van der Waals surface area contributed by atoms with Gasteiger partial charge < -0.3 is 15.0 Å². The summed E-state index contributed by atoms with van der Waals surface area (Å²) in [6.45, 7) is 3.02. The largest absolute Gasteiger partial charge is 0.447 e. The molecule has 2 aliphatic rings. The van der Waals surface area contributed by atoms with Crippen molar-refractivity contribution in [3.8, 4) is 0 Å². The number of hydrogen-bond acceptors (Lipinski definition) is 4. The third-order valence-electron chi connectivity index (χ3n) is 4.72. The van der Waals surface area contributed by atoms with Gasteiger partial charge in [-0.05, 0) is 5.56 Å². The van der Waals surface area contributed by atoms with Crippen molar-refractivity contribution in [2.45, 2.75) is 19.1 Å². The number of nitrogens with zero attached hydrogens (tertiary/aromatic N) is 4. The van der Waals surface area contributed by atoms with Crippen LogP contribution in [0.2, 0.25) is 0 Å². The number of nitrogens with one attached hydrogen (secondary N) is 1. The summed E-state index contributed by atoms with van der Waals surface area (Å²) in [6, 6.07) is 9.95. The molecule has 0 aliphatic carbocycles. The van der Waals surface area contributed by atoms with Crippen LogP contribution in [0.1, 0.15) is 11.1 Å². The molecule has 1 aromatic carbocycles. The minimum Gasteiger partial charge on any atom is -0.447 e. The number of amides is 3.